The van der Waals surface area contributed by atoms with Crippen molar-refractivity contribution in [2.75, 3.05) is 6.61 Å². The van der Waals surface area contributed by atoms with Crippen molar-refractivity contribution in [2.45, 2.75) is 55.9 Å². The number of aromatic hydroxyl groups is 1. The Balaban J connectivity index is 1.55. The van der Waals surface area contributed by atoms with Crippen LogP contribution in [0.2, 0.25) is 0 Å². The lowest BCUT2D eigenvalue weighted by Gasteiger charge is -2.39. The fraction of sp³-hybridized carbons (Fsp3) is 0.571. The molecule has 7 unspecified atom stereocenters. The van der Waals surface area contributed by atoms with E-state index in [1.807, 2.05) is 0 Å². The fourth-order valence-electron chi connectivity index (χ4n) is 4.52. The molecule has 10 nitrogen and oxygen atoms in total. The van der Waals surface area contributed by atoms with Crippen molar-refractivity contribution >= 4 is 17.7 Å². The number of carbonyl (C=O) groups is 3. The van der Waals surface area contributed by atoms with Crippen LogP contribution in [0.3, 0.4) is 0 Å². The number of hydrogen-bond acceptors (Lipinski definition) is 9. The summed E-state index contributed by atoms with van der Waals surface area (Å²) < 4.78 is 17.0. The number of carbonyl (C=O) groups excluding carboxylic acids is 2. The van der Waals surface area contributed by atoms with E-state index in [0.29, 0.717) is 0 Å². The van der Waals surface area contributed by atoms with E-state index in [9.17, 15) is 34.8 Å². The first kappa shape index (κ1) is 21.7. The predicted molar refractivity (Wildman–Crippen MR) is 101 cm³/mol. The molecule has 4 rings (SSSR count). The standard InChI is InChI=1S/C21H24O10/c1-10-9-29-20(8-14(10)30-18(26)11-2-4-13(22)5-3-11)19(27)21(28)15(23)6-12(17(24)25)7-16(21)31-20/h2-5,10,12,14-16,22-23,28H,6-9H2,1H3,(H,24,25). The molecule has 0 aromatic heterocycles. The molecule has 0 radical (unpaired) electrons. The highest BCUT2D eigenvalue weighted by Crippen LogP contribution is 2.49. The van der Waals surface area contributed by atoms with Crippen LogP contribution in [-0.4, -0.2) is 74.5 Å². The maximum Gasteiger partial charge on any atom is 0.338 e. The molecule has 1 aromatic rings. The average molecular weight is 436 g/mol. The number of fused-ring (bicyclic) bond motifs is 1. The maximum atomic E-state index is 13.2. The van der Waals surface area contributed by atoms with Crippen LogP contribution in [0.25, 0.3) is 0 Å². The van der Waals surface area contributed by atoms with E-state index in [-0.39, 0.29) is 43.1 Å². The van der Waals surface area contributed by atoms with Crippen LogP contribution in [0.15, 0.2) is 24.3 Å². The molecule has 7 atom stereocenters. The fourth-order valence-corrected chi connectivity index (χ4v) is 4.52. The van der Waals surface area contributed by atoms with E-state index in [1.54, 1.807) is 6.92 Å². The van der Waals surface area contributed by atoms with Gasteiger partial charge >= 0.3 is 11.9 Å². The first-order valence-electron chi connectivity index (χ1n) is 10.1. The number of benzene rings is 1. The zero-order valence-corrected chi connectivity index (χ0v) is 16.8. The molecule has 4 N–H and O–H groups in total. The van der Waals surface area contributed by atoms with Crippen molar-refractivity contribution in [3.8, 4) is 5.75 Å². The van der Waals surface area contributed by atoms with Crippen molar-refractivity contribution in [3.63, 3.8) is 0 Å². The van der Waals surface area contributed by atoms with Crippen LogP contribution < -0.4 is 0 Å². The van der Waals surface area contributed by atoms with Gasteiger partial charge in [-0.15, -0.1) is 0 Å². The molecular weight excluding hydrogens is 412 g/mol. The van der Waals surface area contributed by atoms with Crippen LogP contribution in [0, 0.1) is 11.8 Å². The third-order valence-corrected chi connectivity index (χ3v) is 6.44. The summed E-state index contributed by atoms with van der Waals surface area (Å²) in [5.74, 6) is -5.93. The number of aliphatic hydroxyl groups is 2. The topological polar surface area (TPSA) is 160 Å². The summed E-state index contributed by atoms with van der Waals surface area (Å²) in [7, 11) is 0. The van der Waals surface area contributed by atoms with Gasteiger partial charge in [-0.25, -0.2) is 4.79 Å². The SMILES string of the molecule is CC1COC2(CC1OC(=O)c1ccc(O)cc1)OC1CC(C(=O)O)CC(O)C1(O)C2=O. The number of phenolic OH excluding ortho intramolecular Hbond substituents is 1. The summed E-state index contributed by atoms with van der Waals surface area (Å²) in [5, 5.41) is 40.0. The Kier molecular flexibility index (Phi) is 5.29. The number of carboxylic acid groups (broad SMARTS) is 1. The number of esters is 1. The normalized spacial score (nSPS) is 39.8. The number of hydrogen-bond donors (Lipinski definition) is 4. The van der Waals surface area contributed by atoms with E-state index in [4.69, 9.17) is 14.2 Å². The average Bonchev–Trinajstić information content (AvgIpc) is 2.94. The van der Waals surface area contributed by atoms with Gasteiger partial charge in [-0.2, -0.15) is 0 Å². The van der Waals surface area contributed by atoms with Gasteiger partial charge in [-0.1, -0.05) is 6.92 Å². The third-order valence-electron chi connectivity index (χ3n) is 6.44. The molecule has 0 amide bonds. The van der Waals surface area contributed by atoms with Crippen LogP contribution in [0.4, 0.5) is 0 Å². The Labute approximate surface area is 177 Å². The van der Waals surface area contributed by atoms with Crippen LogP contribution in [0.1, 0.15) is 36.5 Å². The lowest BCUT2D eigenvalue weighted by atomic mass is 9.72. The van der Waals surface area contributed by atoms with Gasteiger partial charge in [0.15, 0.2) is 5.60 Å². The zero-order valence-electron chi connectivity index (χ0n) is 16.8. The van der Waals surface area contributed by atoms with Crippen molar-refractivity contribution < 1.29 is 49.0 Å². The number of phenols is 1. The van der Waals surface area contributed by atoms with Gasteiger partial charge in [0, 0.05) is 12.3 Å². The quantitative estimate of drug-likeness (QED) is 0.483. The van der Waals surface area contributed by atoms with Crippen molar-refractivity contribution in [2.24, 2.45) is 11.8 Å². The highest BCUT2D eigenvalue weighted by molar-refractivity contribution is 5.97. The minimum absolute atomic E-state index is 0.00559. The van der Waals surface area contributed by atoms with Gasteiger partial charge in [0.1, 0.15) is 18.0 Å². The second kappa shape index (κ2) is 7.56. The molecule has 1 spiro atoms. The molecule has 10 heteroatoms. The lowest BCUT2D eigenvalue weighted by molar-refractivity contribution is -0.266. The van der Waals surface area contributed by atoms with Crippen molar-refractivity contribution in [1.29, 1.82) is 0 Å². The molecular formula is C21H24O10. The molecule has 1 aromatic carbocycles. The van der Waals surface area contributed by atoms with Gasteiger partial charge in [-0.05, 0) is 37.1 Å². The zero-order chi connectivity index (χ0) is 22.6. The van der Waals surface area contributed by atoms with Crippen LogP contribution in [-0.2, 0) is 23.8 Å². The van der Waals surface area contributed by atoms with Gasteiger partial charge in [0.25, 0.3) is 0 Å². The summed E-state index contributed by atoms with van der Waals surface area (Å²) >= 11 is 0. The molecule has 3 aliphatic rings. The third kappa shape index (κ3) is 3.49. The van der Waals surface area contributed by atoms with E-state index >= 15 is 0 Å². The number of rotatable bonds is 3. The van der Waals surface area contributed by atoms with Crippen LogP contribution >= 0.6 is 0 Å². The maximum absolute atomic E-state index is 13.2. The molecule has 2 heterocycles. The van der Waals surface area contributed by atoms with Crippen molar-refractivity contribution in [3.05, 3.63) is 29.8 Å². The number of carboxylic acids is 1. The first-order valence-corrected chi connectivity index (χ1v) is 10.1. The van der Waals surface area contributed by atoms with Crippen molar-refractivity contribution in [1.82, 2.24) is 0 Å². The first-order chi connectivity index (χ1) is 14.6. The Morgan fingerprint density at radius 2 is 1.87 bits per heavy atom. The number of aliphatic carboxylic acids is 1. The second-order valence-corrected chi connectivity index (χ2v) is 8.52. The Morgan fingerprint density at radius 3 is 2.52 bits per heavy atom. The number of ketones is 1. The minimum atomic E-state index is -2.29. The van der Waals surface area contributed by atoms with Crippen LogP contribution in [0.5, 0.6) is 5.75 Å². The van der Waals surface area contributed by atoms with Gasteiger partial charge in [0.05, 0.1) is 24.2 Å². The Hall–Kier alpha value is -2.53. The minimum Gasteiger partial charge on any atom is -0.508 e. The largest absolute Gasteiger partial charge is 0.508 e. The lowest BCUT2D eigenvalue weighted by Crippen LogP contribution is -2.61. The molecule has 3 fully saturated rings. The summed E-state index contributed by atoms with van der Waals surface area (Å²) in [5.41, 5.74) is -2.09. The number of ether oxygens (including phenoxy) is 3. The molecule has 168 valence electrons. The predicted octanol–water partition coefficient (Wildman–Crippen LogP) is 0.225. The Bertz CT molecular complexity index is 898. The van der Waals surface area contributed by atoms with Gasteiger partial charge < -0.3 is 34.6 Å². The summed E-state index contributed by atoms with van der Waals surface area (Å²) in [6.45, 7) is 1.75. The molecule has 2 saturated heterocycles. The van der Waals surface area contributed by atoms with Gasteiger partial charge in [0.2, 0.25) is 11.6 Å². The highest BCUT2D eigenvalue weighted by atomic mass is 16.7. The summed E-state index contributed by atoms with van der Waals surface area (Å²) in [6.07, 6.45) is -4.33. The monoisotopic (exact) mass is 436 g/mol. The van der Waals surface area contributed by atoms with E-state index in [0.717, 1.165) is 0 Å². The van der Waals surface area contributed by atoms with E-state index < -0.39 is 53.3 Å². The Morgan fingerprint density at radius 1 is 1.19 bits per heavy atom. The van der Waals surface area contributed by atoms with E-state index in [2.05, 4.69) is 0 Å². The summed E-state index contributed by atoms with van der Waals surface area (Å²) in [4.78, 5) is 37.1. The molecule has 0 bridgehead atoms. The van der Waals surface area contributed by atoms with Gasteiger partial charge in [-0.3, -0.25) is 9.59 Å². The van der Waals surface area contributed by atoms with E-state index in [1.165, 1.54) is 24.3 Å². The molecule has 2 aliphatic heterocycles. The number of aliphatic hydroxyl groups excluding tert-OH is 1. The second-order valence-electron chi connectivity index (χ2n) is 8.52. The highest BCUT2D eigenvalue weighted by Gasteiger charge is 2.70. The summed E-state index contributed by atoms with van der Waals surface area (Å²) in [6, 6.07) is 5.48. The smallest absolute Gasteiger partial charge is 0.338 e. The number of Topliss-reactive ketones (excluding diaryl/α,β-unsaturated/α-hetero) is 1. The molecule has 1 saturated carbocycles. The molecule has 31 heavy (non-hydrogen) atoms. The molecule has 1 aliphatic carbocycles.